The lowest BCUT2D eigenvalue weighted by Gasteiger charge is -2.23. The average Bonchev–Trinajstić information content (AvgIpc) is 2.67. The first-order valence-electron chi connectivity index (χ1n) is 8.81. The Balaban J connectivity index is 0.000000558. The summed E-state index contributed by atoms with van der Waals surface area (Å²) in [6.07, 6.45) is -4.57. The lowest BCUT2D eigenvalue weighted by Crippen LogP contribution is -2.21. The molecule has 0 amide bonds. The zero-order chi connectivity index (χ0) is 23.3. The summed E-state index contributed by atoms with van der Waals surface area (Å²) in [5.74, 6) is -1.07. The number of ether oxygens (including phenoxy) is 2. The molecule has 0 atom stereocenters. The van der Waals surface area contributed by atoms with Gasteiger partial charge >= 0.3 is 12.1 Å². The highest BCUT2D eigenvalue weighted by atomic mass is 19.4. The van der Waals surface area contributed by atoms with Crippen LogP contribution in [-0.2, 0) is 11.2 Å². The number of aliphatic carboxylic acids is 1. The maximum atomic E-state index is 10.6. The van der Waals surface area contributed by atoms with Crippen molar-refractivity contribution in [2.45, 2.75) is 20.0 Å². The van der Waals surface area contributed by atoms with Gasteiger partial charge < -0.3 is 30.9 Å². The molecule has 174 valence electrons. The highest BCUT2D eigenvalue weighted by Gasteiger charge is 2.38. The second-order valence-electron chi connectivity index (χ2n) is 6.66. The smallest absolute Gasteiger partial charge is 0.488 e. The molecule has 1 aliphatic rings. The number of carboxylic acids is 1. The van der Waals surface area contributed by atoms with Gasteiger partial charge in [0.25, 0.3) is 0 Å². The SMILES string of the molecule is C.CN(C)CCOc1cccc2c1Oc1nc(N)c(C#N)c(N)c1C2.O=C(O)C(F)(F)F. The number of likely N-dealkylation sites (N-methyl/N-ethyl adjacent to an activating group) is 1. The Morgan fingerprint density at radius 3 is 2.53 bits per heavy atom. The van der Waals surface area contributed by atoms with Crippen LogP contribution in [0.25, 0.3) is 0 Å². The molecule has 3 rings (SSSR count). The summed E-state index contributed by atoms with van der Waals surface area (Å²) in [7, 11) is 3.97. The van der Waals surface area contributed by atoms with Crippen LogP contribution in [0.5, 0.6) is 17.4 Å². The fourth-order valence-corrected chi connectivity index (χ4v) is 2.56. The third kappa shape index (κ3) is 6.14. The van der Waals surface area contributed by atoms with Crippen molar-refractivity contribution in [3.05, 3.63) is 34.9 Å². The monoisotopic (exact) mass is 455 g/mol. The summed E-state index contributed by atoms with van der Waals surface area (Å²) in [5, 5.41) is 16.3. The molecule has 0 spiro atoms. The number of carboxylic acid groups (broad SMARTS) is 1. The number of nitriles is 1. The molecule has 2 heterocycles. The van der Waals surface area contributed by atoms with E-state index >= 15 is 0 Å². The number of benzene rings is 1. The first-order chi connectivity index (χ1) is 14.5. The molecule has 9 nitrogen and oxygen atoms in total. The molecule has 0 aliphatic carbocycles. The van der Waals surface area contributed by atoms with Crippen molar-refractivity contribution in [3.63, 3.8) is 0 Å². The Kier molecular flexibility index (Phi) is 8.67. The van der Waals surface area contributed by atoms with Crippen LogP contribution in [0.3, 0.4) is 0 Å². The number of pyridine rings is 1. The lowest BCUT2D eigenvalue weighted by molar-refractivity contribution is -0.192. The van der Waals surface area contributed by atoms with Gasteiger partial charge in [0.05, 0.1) is 5.69 Å². The van der Waals surface area contributed by atoms with Crippen molar-refractivity contribution in [1.82, 2.24) is 9.88 Å². The average molecular weight is 455 g/mol. The van der Waals surface area contributed by atoms with Gasteiger partial charge in [-0.3, -0.25) is 0 Å². The van der Waals surface area contributed by atoms with Gasteiger partial charge in [-0.1, -0.05) is 19.6 Å². The zero-order valence-corrected chi connectivity index (χ0v) is 16.7. The van der Waals surface area contributed by atoms with Gasteiger partial charge in [-0.2, -0.15) is 23.4 Å². The first-order valence-corrected chi connectivity index (χ1v) is 8.81. The Morgan fingerprint density at radius 2 is 2.00 bits per heavy atom. The summed E-state index contributed by atoms with van der Waals surface area (Å²) in [6, 6.07) is 7.70. The number of nitrogens with zero attached hydrogens (tertiary/aromatic N) is 3. The number of rotatable bonds is 4. The van der Waals surface area contributed by atoms with E-state index in [0.717, 1.165) is 12.1 Å². The summed E-state index contributed by atoms with van der Waals surface area (Å²) < 4.78 is 43.5. The summed E-state index contributed by atoms with van der Waals surface area (Å²) in [5.41, 5.74) is 14.0. The number of halogens is 3. The van der Waals surface area contributed by atoms with Crippen LogP contribution in [-0.4, -0.2) is 54.4 Å². The van der Waals surface area contributed by atoms with Crippen LogP contribution < -0.4 is 20.9 Å². The van der Waals surface area contributed by atoms with Crippen molar-refractivity contribution < 1.29 is 32.5 Å². The highest BCUT2D eigenvalue weighted by molar-refractivity contribution is 5.73. The molecule has 2 aromatic rings. The largest absolute Gasteiger partial charge is 0.490 e. The Bertz CT molecular complexity index is 1020. The summed E-state index contributed by atoms with van der Waals surface area (Å²) in [6.45, 7) is 1.34. The molecule has 0 unspecified atom stereocenters. The van der Waals surface area contributed by atoms with Gasteiger partial charge in [0.2, 0.25) is 5.88 Å². The Labute approximate surface area is 183 Å². The molecular weight excluding hydrogens is 431 g/mol. The minimum atomic E-state index is -5.08. The van der Waals surface area contributed by atoms with E-state index in [0.29, 0.717) is 41.7 Å². The maximum Gasteiger partial charge on any atom is 0.490 e. The normalized spacial score (nSPS) is 11.5. The molecule has 1 aliphatic heterocycles. The van der Waals surface area contributed by atoms with Crippen molar-refractivity contribution >= 4 is 17.5 Å². The third-order valence-corrected chi connectivity index (χ3v) is 4.11. The second-order valence-corrected chi connectivity index (χ2v) is 6.66. The fourth-order valence-electron chi connectivity index (χ4n) is 2.56. The molecule has 12 heteroatoms. The molecule has 0 saturated carbocycles. The molecular formula is C20H24F3N5O4. The van der Waals surface area contributed by atoms with Crippen LogP contribution >= 0.6 is 0 Å². The summed E-state index contributed by atoms with van der Waals surface area (Å²) >= 11 is 0. The summed E-state index contributed by atoms with van der Waals surface area (Å²) in [4.78, 5) is 15.1. The standard InChI is InChI=1S/C17H19N5O2.C2HF3O2.CH4/c1-22(2)6-7-23-13-5-3-4-10-8-11-14(19)12(9-18)16(20)21-17(11)24-15(10)13;3-2(4,5)1(6)7;/h3-5H,6-8H2,1-2H3,(H4,19,20,21);(H,6,7);1H4. The van der Waals surface area contributed by atoms with Crippen molar-refractivity contribution in [2.75, 3.05) is 38.7 Å². The quantitative estimate of drug-likeness (QED) is 0.540. The third-order valence-electron chi connectivity index (χ3n) is 4.11. The van der Waals surface area contributed by atoms with Crippen molar-refractivity contribution in [2.24, 2.45) is 0 Å². The molecule has 1 aromatic carbocycles. The predicted octanol–water partition coefficient (Wildman–Crippen LogP) is 3.02. The van der Waals surface area contributed by atoms with Crippen LogP contribution in [0.1, 0.15) is 24.1 Å². The van der Waals surface area contributed by atoms with Gasteiger partial charge in [0, 0.05) is 24.1 Å². The molecule has 0 saturated heterocycles. The number of fused-ring (bicyclic) bond motifs is 2. The Hall–Kier alpha value is -3.72. The minimum Gasteiger partial charge on any atom is -0.488 e. The minimum absolute atomic E-state index is 0. The molecule has 32 heavy (non-hydrogen) atoms. The molecule has 5 N–H and O–H groups in total. The number of nitrogen functional groups attached to an aromatic ring is 2. The van der Waals surface area contributed by atoms with Gasteiger partial charge in [0.1, 0.15) is 24.1 Å². The fraction of sp³-hybridized carbons (Fsp3) is 0.350. The zero-order valence-electron chi connectivity index (χ0n) is 16.7. The Morgan fingerprint density at radius 1 is 1.38 bits per heavy atom. The topological polar surface area (TPSA) is 148 Å². The number of anilines is 2. The molecule has 0 radical (unpaired) electrons. The van der Waals surface area contributed by atoms with E-state index in [4.69, 9.17) is 36.1 Å². The van der Waals surface area contributed by atoms with Crippen molar-refractivity contribution in [3.8, 4) is 23.4 Å². The number of aromatic nitrogens is 1. The number of carbonyl (C=O) groups is 1. The van der Waals surface area contributed by atoms with Gasteiger partial charge in [-0.05, 0) is 20.2 Å². The van der Waals surface area contributed by atoms with E-state index in [1.54, 1.807) is 0 Å². The number of alkyl halides is 3. The predicted molar refractivity (Wildman–Crippen MR) is 112 cm³/mol. The van der Waals surface area contributed by atoms with Gasteiger partial charge in [0.15, 0.2) is 11.5 Å². The van der Waals surface area contributed by atoms with Gasteiger partial charge in [-0.25, -0.2) is 4.79 Å². The van der Waals surface area contributed by atoms with Crippen LogP contribution in [0.2, 0.25) is 0 Å². The van der Waals surface area contributed by atoms with E-state index in [1.165, 1.54) is 0 Å². The van der Waals surface area contributed by atoms with Gasteiger partial charge in [-0.15, -0.1) is 0 Å². The first kappa shape index (κ1) is 26.3. The van der Waals surface area contributed by atoms with E-state index < -0.39 is 12.1 Å². The van der Waals surface area contributed by atoms with Crippen LogP contribution in [0.15, 0.2) is 18.2 Å². The van der Waals surface area contributed by atoms with E-state index in [1.807, 2.05) is 43.3 Å². The van der Waals surface area contributed by atoms with Crippen LogP contribution in [0.4, 0.5) is 24.7 Å². The van der Waals surface area contributed by atoms with E-state index in [2.05, 4.69) is 4.98 Å². The lowest BCUT2D eigenvalue weighted by atomic mass is 9.99. The highest BCUT2D eigenvalue weighted by Crippen LogP contribution is 2.44. The second kappa shape index (κ2) is 10.5. The molecule has 0 fully saturated rings. The number of para-hydroxylation sites is 1. The van der Waals surface area contributed by atoms with E-state index in [-0.39, 0.29) is 18.8 Å². The van der Waals surface area contributed by atoms with E-state index in [9.17, 15) is 13.2 Å². The number of nitrogens with two attached hydrogens (primary N) is 2. The molecule has 0 bridgehead atoms. The maximum absolute atomic E-state index is 10.6. The van der Waals surface area contributed by atoms with Crippen molar-refractivity contribution in [1.29, 1.82) is 5.26 Å². The molecule has 1 aromatic heterocycles. The number of hydrogen-bond acceptors (Lipinski definition) is 8. The number of hydrogen-bond donors (Lipinski definition) is 3. The van der Waals surface area contributed by atoms with Crippen LogP contribution in [0, 0.1) is 11.3 Å².